The Morgan fingerprint density at radius 2 is 2.06 bits per heavy atom. The molecule has 3 nitrogen and oxygen atoms in total. The molecule has 0 atom stereocenters. The molecule has 0 spiro atoms. The summed E-state index contributed by atoms with van der Waals surface area (Å²) in [5.41, 5.74) is 1.97. The van der Waals surface area contributed by atoms with Crippen molar-refractivity contribution in [1.82, 2.24) is 5.32 Å². The Kier molecular flexibility index (Phi) is 3.84. The first-order valence-corrected chi connectivity index (χ1v) is 6.41. The van der Waals surface area contributed by atoms with Gasteiger partial charge in [-0.05, 0) is 24.1 Å². The summed E-state index contributed by atoms with van der Waals surface area (Å²) in [5, 5.41) is 2.79. The number of carbonyl (C=O) groups excluding carboxylic acids is 1. The summed E-state index contributed by atoms with van der Waals surface area (Å²) in [6.07, 6.45) is 0.893. The summed E-state index contributed by atoms with van der Waals surface area (Å²) in [7, 11) is 0. The monoisotopic (exact) mass is 295 g/mol. The second-order valence-corrected chi connectivity index (χ2v) is 4.76. The quantitative estimate of drug-likeness (QED) is 0.927. The molecule has 90 valence electrons. The summed E-state index contributed by atoms with van der Waals surface area (Å²) in [6, 6.07) is 7.88. The molecule has 0 aromatic heterocycles. The molecule has 0 unspecified atom stereocenters. The van der Waals surface area contributed by atoms with Gasteiger partial charge >= 0.3 is 0 Å². The van der Waals surface area contributed by atoms with Crippen LogP contribution in [-0.2, 0) is 9.53 Å². The second kappa shape index (κ2) is 5.36. The molecule has 17 heavy (non-hydrogen) atoms. The highest BCUT2D eigenvalue weighted by Crippen LogP contribution is 2.25. The number of hydrogen-bond donors (Lipinski definition) is 1. The van der Waals surface area contributed by atoms with Crippen LogP contribution in [-0.4, -0.2) is 19.1 Å². The van der Waals surface area contributed by atoms with Crippen LogP contribution in [0.1, 0.15) is 18.9 Å². The van der Waals surface area contributed by atoms with E-state index in [9.17, 15) is 4.79 Å². The van der Waals surface area contributed by atoms with Crippen LogP contribution in [0.15, 0.2) is 34.5 Å². The highest BCUT2D eigenvalue weighted by atomic mass is 79.9. The van der Waals surface area contributed by atoms with Gasteiger partial charge in [0.15, 0.2) is 5.76 Å². The van der Waals surface area contributed by atoms with Gasteiger partial charge in [0.2, 0.25) is 0 Å². The average Bonchev–Trinajstić information content (AvgIpc) is 2.69. The van der Waals surface area contributed by atoms with Crippen molar-refractivity contribution >= 4 is 27.4 Å². The fraction of sp³-hybridized carbons (Fsp3) is 0.308. The predicted molar refractivity (Wildman–Crippen MR) is 70.3 cm³/mol. The number of hydrogen-bond acceptors (Lipinski definition) is 2. The molecule has 0 fully saturated rings. The molecule has 1 aromatic rings. The number of nitrogens with one attached hydrogen (secondary N) is 1. The fourth-order valence-electron chi connectivity index (χ4n) is 1.71. The van der Waals surface area contributed by atoms with E-state index < -0.39 is 0 Å². The predicted octanol–water partition coefficient (Wildman–Crippen LogP) is 2.72. The van der Waals surface area contributed by atoms with Crippen molar-refractivity contribution in [3.8, 4) is 0 Å². The van der Waals surface area contributed by atoms with Gasteiger partial charge in [0.1, 0.15) is 0 Å². The Hall–Kier alpha value is -1.29. The molecular formula is C13H14BrNO2. The van der Waals surface area contributed by atoms with E-state index >= 15 is 0 Å². The first-order chi connectivity index (χ1) is 8.22. The van der Waals surface area contributed by atoms with E-state index in [0.29, 0.717) is 18.9 Å². The zero-order valence-electron chi connectivity index (χ0n) is 9.63. The molecule has 1 aliphatic heterocycles. The van der Waals surface area contributed by atoms with Gasteiger partial charge < -0.3 is 10.1 Å². The first-order valence-electron chi connectivity index (χ1n) is 5.62. The van der Waals surface area contributed by atoms with Gasteiger partial charge in [-0.2, -0.15) is 0 Å². The van der Waals surface area contributed by atoms with Crippen molar-refractivity contribution < 1.29 is 9.53 Å². The number of amides is 1. The first kappa shape index (κ1) is 12.2. The van der Waals surface area contributed by atoms with Crippen LogP contribution in [0.4, 0.5) is 0 Å². The van der Waals surface area contributed by atoms with E-state index in [4.69, 9.17) is 4.74 Å². The summed E-state index contributed by atoms with van der Waals surface area (Å²) < 4.78 is 6.54. The molecule has 1 N–H and O–H groups in total. The number of halogens is 1. The lowest BCUT2D eigenvalue weighted by atomic mass is 10.1. The molecule has 0 saturated heterocycles. The SMILES string of the molecule is CCCOC1=C(c2ccc(Br)cc2)CNC1=O. The largest absolute Gasteiger partial charge is 0.488 e. The number of ether oxygens (including phenoxy) is 1. The normalized spacial score (nSPS) is 15.1. The third-order valence-corrected chi connectivity index (χ3v) is 3.08. The van der Waals surface area contributed by atoms with E-state index in [1.54, 1.807) is 0 Å². The third-order valence-electron chi connectivity index (χ3n) is 2.55. The molecule has 0 radical (unpaired) electrons. The van der Waals surface area contributed by atoms with Crippen molar-refractivity contribution in [3.05, 3.63) is 40.1 Å². The van der Waals surface area contributed by atoms with Crippen LogP contribution in [0.25, 0.3) is 5.57 Å². The van der Waals surface area contributed by atoms with Gasteiger partial charge in [-0.3, -0.25) is 4.79 Å². The lowest BCUT2D eigenvalue weighted by Gasteiger charge is -2.07. The van der Waals surface area contributed by atoms with Crippen molar-refractivity contribution in [2.45, 2.75) is 13.3 Å². The Balaban J connectivity index is 2.30. The Morgan fingerprint density at radius 3 is 2.71 bits per heavy atom. The molecule has 1 aromatic carbocycles. The summed E-state index contributed by atoms with van der Waals surface area (Å²) in [6.45, 7) is 3.13. The van der Waals surface area contributed by atoms with E-state index in [1.165, 1.54) is 0 Å². The summed E-state index contributed by atoms with van der Waals surface area (Å²) in [4.78, 5) is 11.6. The van der Waals surface area contributed by atoms with E-state index in [-0.39, 0.29) is 5.91 Å². The van der Waals surface area contributed by atoms with E-state index in [2.05, 4.69) is 21.2 Å². The minimum absolute atomic E-state index is 0.114. The maximum atomic E-state index is 11.6. The van der Waals surface area contributed by atoms with E-state index in [1.807, 2.05) is 31.2 Å². The highest BCUT2D eigenvalue weighted by molar-refractivity contribution is 9.10. The number of carbonyl (C=O) groups is 1. The third kappa shape index (κ3) is 2.69. The van der Waals surface area contributed by atoms with Crippen molar-refractivity contribution in [2.24, 2.45) is 0 Å². The number of rotatable bonds is 4. The van der Waals surface area contributed by atoms with Crippen molar-refractivity contribution in [1.29, 1.82) is 0 Å². The van der Waals surface area contributed by atoms with Gasteiger partial charge in [0.25, 0.3) is 5.91 Å². The van der Waals surface area contributed by atoms with Crippen LogP contribution in [0.2, 0.25) is 0 Å². The minimum Gasteiger partial charge on any atom is -0.488 e. The fourth-order valence-corrected chi connectivity index (χ4v) is 1.97. The van der Waals surface area contributed by atoms with Crippen molar-refractivity contribution in [3.63, 3.8) is 0 Å². The molecule has 1 aliphatic rings. The highest BCUT2D eigenvalue weighted by Gasteiger charge is 2.24. The smallest absolute Gasteiger partial charge is 0.287 e. The molecule has 0 bridgehead atoms. The van der Waals surface area contributed by atoms with Crippen LogP contribution in [0, 0.1) is 0 Å². The topological polar surface area (TPSA) is 38.3 Å². The van der Waals surface area contributed by atoms with Gasteiger partial charge in [0, 0.05) is 16.6 Å². The minimum atomic E-state index is -0.114. The Labute approximate surface area is 109 Å². The molecule has 0 aliphatic carbocycles. The van der Waals surface area contributed by atoms with E-state index in [0.717, 1.165) is 22.0 Å². The van der Waals surface area contributed by atoms with Gasteiger partial charge in [-0.15, -0.1) is 0 Å². The van der Waals surface area contributed by atoms with Gasteiger partial charge in [-0.1, -0.05) is 35.0 Å². The average molecular weight is 296 g/mol. The molecule has 1 heterocycles. The lowest BCUT2D eigenvalue weighted by Crippen LogP contribution is -2.18. The molecule has 4 heteroatoms. The molecule has 0 saturated carbocycles. The molecule has 1 amide bonds. The zero-order chi connectivity index (χ0) is 12.3. The van der Waals surface area contributed by atoms with Crippen LogP contribution < -0.4 is 5.32 Å². The van der Waals surface area contributed by atoms with Crippen LogP contribution in [0.5, 0.6) is 0 Å². The van der Waals surface area contributed by atoms with Crippen molar-refractivity contribution in [2.75, 3.05) is 13.2 Å². The number of benzene rings is 1. The maximum Gasteiger partial charge on any atom is 0.287 e. The van der Waals surface area contributed by atoms with Crippen LogP contribution >= 0.6 is 15.9 Å². The Morgan fingerprint density at radius 1 is 1.35 bits per heavy atom. The molecular weight excluding hydrogens is 282 g/mol. The lowest BCUT2D eigenvalue weighted by molar-refractivity contribution is -0.119. The maximum absolute atomic E-state index is 11.6. The molecule has 2 rings (SSSR count). The second-order valence-electron chi connectivity index (χ2n) is 3.85. The summed E-state index contributed by atoms with van der Waals surface area (Å²) >= 11 is 3.39. The Bertz CT molecular complexity index is 451. The van der Waals surface area contributed by atoms with Gasteiger partial charge in [0.05, 0.1) is 6.61 Å². The van der Waals surface area contributed by atoms with Gasteiger partial charge in [-0.25, -0.2) is 0 Å². The standard InChI is InChI=1S/C13H14BrNO2/c1-2-7-17-12-11(8-15-13(12)16)9-3-5-10(14)6-4-9/h3-6H,2,7-8H2,1H3,(H,15,16). The zero-order valence-corrected chi connectivity index (χ0v) is 11.2. The summed E-state index contributed by atoms with van der Waals surface area (Å²) in [5.74, 6) is 0.352. The van der Waals surface area contributed by atoms with Crippen LogP contribution in [0.3, 0.4) is 0 Å².